The van der Waals surface area contributed by atoms with Gasteiger partial charge in [-0.25, -0.2) is 4.79 Å². The van der Waals surface area contributed by atoms with Gasteiger partial charge in [-0.05, 0) is 43.4 Å². The number of hydrogen-bond acceptors (Lipinski definition) is 8. The predicted octanol–water partition coefficient (Wildman–Crippen LogP) is -1.95. The molecule has 4 unspecified atom stereocenters. The van der Waals surface area contributed by atoms with Gasteiger partial charge in [0.15, 0.2) is 0 Å². The molecule has 1 saturated heterocycles. The van der Waals surface area contributed by atoms with E-state index in [0.717, 1.165) is 4.90 Å². The average molecular weight is 522 g/mol. The van der Waals surface area contributed by atoms with E-state index in [4.69, 9.17) is 16.6 Å². The number of nitrogens with one attached hydrogen (secondary N) is 2. The Morgan fingerprint density at radius 3 is 2.24 bits per heavy atom. The lowest BCUT2D eigenvalue weighted by Crippen LogP contribution is -2.57. The van der Waals surface area contributed by atoms with Crippen molar-refractivity contribution >= 4 is 35.6 Å². The second kappa shape index (κ2) is 13.2. The number of benzene rings is 1. The molecule has 1 aliphatic rings. The second-order valence-electron chi connectivity index (χ2n) is 8.73. The van der Waals surface area contributed by atoms with E-state index in [1.807, 2.05) is 0 Å². The summed E-state index contributed by atoms with van der Waals surface area (Å²) >= 11 is 0. The molecule has 14 nitrogen and oxygen atoms in total. The van der Waals surface area contributed by atoms with E-state index in [0.29, 0.717) is 12.0 Å². The maximum atomic E-state index is 13.2. The van der Waals surface area contributed by atoms with Crippen LogP contribution in [0.25, 0.3) is 0 Å². The number of likely N-dealkylation sites (tertiary alicyclic amines) is 1. The number of nitrogens with two attached hydrogens (primary N) is 2. The SMILES string of the molecule is NC(=O)CC(NC(=O)C(N)Cc1ccc(O)cc1)C(=O)N1CCCC1C(=O)NC(CCC(=O)O)C(=O)O. The maximum Gasteiger partial charge on any atom is 0.326 e. The lowest BCUT2D eigenvalue weighted by Gasteiger charge is -2.29. The number of carboxylic acids is 2. The molecule has 0 aliphatic carbocycles. The first-order valence-electron chi connectivity index (χ1n) is 11.6. The first kappa shape index (κ1) is 29.0. The van der Waals surface area contributed by atoms with E-state index in [9.17, 15) is 39.0 Å². The van der Waals surface area contributed by atoms with Crippen LogP contribution in [0, 0.1) is 0 Å². The summed E-state index contributed by atoms with van der Waals surface area (Å²) in [5.41, 5.74) is 11.9. The van der Waals surface area contributed by atoms with Crippen LogP contribution in [-0.4, -0.2) is 86.5 Å². The first-order valence-corrected chi connectivity index (χ1v) is 11.6. The van der Waals surface area contributed by atoms with Gasteiger partial charge in [-0.3, -0.25) is 24.0 Å². The van der Waals surface area contributed by atoms with Gasteiger partial charge >= 0.3 is 11.9 Å². The van der Waals surface area contributed by atoms with Crippen molar-refractivity contribution in [3.8, 4) is 5.75 Å². The Morgan fingerprint density at radius 2 is 1.68 bits per heavy atom. The van der Waals surface area contributed by atoms with Gasteiger partial charge in [0.05, 0.1) is 12.5 Å². The molecule has 0 aromatic heterocycles. The summed E-state index contributed by atoms with van der Waals surface area (Å²) < 4.78 is 0. The highest BCUT2D eigenvalue weighted by Crippen LogP contribution is 2.20. The van der Waals surface area contributed by atoms with Crippen molar-refractivity contribution in [2.24, 2.45) is 11.5 Å². The van der Waals surface area contributed by atoms with E-state index >= 15 is 0 Å². The Kier molecular flexibility index (Phi) is 10.4. The molecule has 1 aromatic carbocycles. The van der Waals surface area contributed by atoms with Gasteiger partial charge < -0.3 is 42.3 Å². The summed E-state index contributed by atoms with van der Waals surface area (Å²) in [6.07, 6.45) is -0.726. The van der Waals surface area contributed by atoms with E-state index < -0.39 is 72.6 Å². The average Bonchev–Trinajstić information content (AvgIpc) is 3.31. The molecule has 4 amide bonds. The van der Waals surface area contributed by atoms with Crippen molar-refractivity contribution in [1.29, 1.82) is 0 Å². The molecule has 0 bridgehead atoms. The van der Waals surface area contributed by atoms with Crippen LogP contribution in [0.3, 0.4) is 0 Å². The molecule has 9 N–H and O–H groups in total. The number of carbonyl (C=O) groups is 6. The zero-order chi connectivity index (χ0) is 27.7. The van der Waals surface area contributed by atoms with Crippen LogP contribution >= 0.6 is 0 Å². The number of aliphatic carboxylic acids is 2. The third-order valence-electron chi connectivity index (χ3n) is 5.85. The Morgan fingerprint density at radius 1 is 1.03 bits per heavy atom. The van der Waals surface area contributed by atoms with Crippen molar-refractivity contribution in [2.75, 3.05) is 6.54 Å². The number of hydrogen-bond donors (Lipinski definition) is 7. The molecule has 1 heterocycles. The smallest absolute Gasteiger partial charge is 0.326 e. The predicted molar refractivity (Wildman–Crippen MR) is 127 cm³/mol. The van der Waals surface area contributed by atoms with Crippen molar-refractivity contribution < 1.29 is 44.1 Å². The van der Waals surface area contributed by atoms with Crippen LogP contribution < -0.4 is 22.1 Å². The molecule has 1 aromatic rings. The summed E-state index contributed by atoms with van der Waals surface area (Å²) in [5, 5.41) is 32.1. The molecule has 202 valence electrons. The van der Waals surface area contributed by atoms with Crippen molar-refractivity contribution in [3.63, 3.8) is 0 Å². The Hall–Kier alpha value is -4.20. The molecule has 14 heteroatoms. The normalized spacial score (nSPS) is 17.3. The van der Waals surface area contributed by atoms with Crippen LogP contribution in [0.5, 0.6) is 5.75 Å². The number of carbonyl (C=O) groups excluding carboxylic acids is 4. The van der Waals surface area contributed by atoms with Crippen LogP contribution in [0.1, 0.15) is 37.7 Å². The highest BCUT2D eigenvalue weighted by molar-refractivity contribution is 5.96. The molecule has 0 radical (unpaired) electrons. The number of rotatable bonds is 13. The number of aromatic hydroxyl groups is 1. The van der Waals surface area contributed by atoms with Gasteiger partial charge in [-0.1, -0.05) is 12.1 Å². The van der Waals surface area contributed by atoms with Crippen LogP contribution in [0.15, 0.2) is 24.3 Å². The summed E-state index contributed by atoms with van der Waals surface area (Å²) in [6.45, 7) is 0.106. The number of phenolic OH excluding ortho intramolecular Hbond substituents is 1. The Balaban J connectivity index is 2.10. The highest BCUT2D eigenvalue weighted by atomic mass is 16.4. The zero-order valence-corrected chi connectivity index (χ0v) is 20.0. The fourth-order valence-corrected chi connectivity index (χ4v) is 3.96. The highest BCUT2D eigenvalue weighted by Gasteiger charge is 2.39. The van der Waals surface area contributed by atoms with Gasteiger partial charge in [-0.15, -0.1) is 0 Å². The van der Waals surface area contributed by atoms with E-state index in [2.05, 4.69) is 10.6 Å². The largest absolute Gasteiger partial charge is 0.508 e. The summed E-state index contributed by atoms with van der Waals surface area (Å²) in [7, 11) is 0. The number of phenols is 1. The molecule has 0 spiro atoms. The van der Waals surface area contributed by atoms with Gasteiger partial charge in [-0.2, -0.15) is 0 Å². The fraction of sp³-hybridized carbons (Fsp3) is 0.478. The maximum absolute atomic E-state index is 13.2. The van der Waals surface area contributed by atoms with Gasteiger partial charge in [0.1, 0.15) is 23.9 Å². The van der Waals surface area contributed by atoms with Gasteiger partial charge in [0, 0.05) is 13.0 Å². The van der Waals surface area contributed by atoms with Gasteiger partial charge in [0.2, 0.25) is 23.6 Å². The molecule has 0 saturated carbocycles. The fourth-order valence-electron chi connectivity index (χ4n) is 3.96. The quantitative estimate of drug-likeness (QED) is 0.151. The summed E-state index contributed by atoms with van der Waals surface area (Å²) in [6, 6.07) is 0.925. The standard InChI is InChI=1S/C23H31N5O9/c24-14(10-12-3-5-13(29)6-4-12)20(33)27-16(11-18(25)30)22(35)28-9-1-2-17(28)21(34)26-15(23(36)37)7-8-19(31)32/h3-6,14-17,29H,1-2,7-11,24H2,(H2,25,30)(H,26,34)(H,27,33)(H,31,32)(H,36,37). The topological polar surface area (TPSA) is 242 Å². The van der Waals surface area contributed by atoms with E-state index in [1.54, 1.807) is 12.1 Å². The van der Waals surface area contributed by atoms with Crippen molar-refractivity contribution in [1.82, 2.24) is 15.5 Å². The molecule has 2 rings (SSSR count). The van der Waals surface area contributed by atoms with E-state index in [1.165, 1.54) is 12.1 Å². The minimum atomic E-state index is -1.47. The monoisotopic (exact) mass is 521 g/mol. The lowest BCUT2D eigenvalue weighted by atomic mass is 10.0. The first-order chi connectivity index (χ1) is 17.4. The van der Waals surface area contributed by atoms with Crippen molar-refractivity contribution in [3.05, 3.63) is 29.8 Å². The van der Waals surface area contributed by atoms with Gasteiger partial charge in [0.25, 0.3) is 0 Å². The lowest BCUT2D eigenvalue weighted by molar-refractivity contribution is -0.146. The zero-order valence-electron chi connectivity index (χ0n) is 20.0. The third kappa shape index (κ3) is 8.75. The third-order valence-corrected chi connectivity index (χ3v) is 5.85. The summed E-state index contributed by atoms with van der Waals surface area (Å²) in [4.78, 5) is 73.7. The molecule has 1 fully saturated rings. The summed E-state index contributed by atoms with van der Waals surface area (Å²) in [5.74, 6) is -5.80. The molecule has 1 aliphatic heterocycles. The van der Waals surface area contributed by atoms with Crippen molar-refractivity contribution in [2.45, 2.75) is 62.7 Å². The second-order valence-corrected chi connectivity index (χ2v) is 8.73. The number of primary amides is 1. The minimum Gasteiger partial charge on any atom is -0.508 e. The van der Waals surface area contributed by atoms with Crippen LogP contribution in [-0.2, 0) is 35.2 Å². The minimum absolute atomic E-state index is 0.0367. The Bertz CT molecular complexity index is 1030. The Labute approximate surface area is 212 Å². The number of nitrogens with zero attached hydrogens (tertiary/aromatic N) is 1. The van der Waals surface area contributed by atoms with Crippen LogP contribution in [0.2, 0.25) is 0 Å². The molecular formula is C23H31N5O9. The van der Waals surface area contributed by atoms with Crippen LogP contribution in [0.4, 0.5) is 0 Å². The molecular weight excluding hydrogens is 490 g/mol. The molecule has 37 heavy (non-hydrogen) atoms. The van der Waals surface area contributed by atoms with E-state index in [-0.39, 0.29) is 31.6 Å². The number of carboxylic acid groups (broad SMARTS) is 2. The molecule has 4 atom stereocenters. The number of amides is 4.